The Morgan fingerprint density at radius 3 is 2.44 bits per heavy atom. The molecule has 0 unspecified atom stereocenters. The van der Waals surface area contributed by atoms with Crippen LogP contribution < -0.4 is 16.4 Å². The number of amides is 3. The number of rotatable bonds is 2. The standard InChI is InChI=1S/C12H11N3O3/c13-9-5-3-8(4-6-9)11(16)15-12(17)14-10-2-1-7-18-10/h1-7H,13H2,(H2,14,15,16,17). The van der Waals surface area contributed by atoms with Gasteiger partial charge >= 0.3 is 6.03 Å². The number of benzene rings is 1. The molecule has 0 radical (unpaired) electrons. The van der Waals surface area contributed by atoms with Crippen LogP contribution in [0.4, 0.5) is 16.4 Å². The molecule has 1 aromatic heterocycles. The summed E-state index contributed by atoms with van der Waals surface area (Å²) in [7, 11) is 0. The summed E-state index contributed by atoms with van der Waals surface area (Å²) in [5, 5.41) is 4.54. The van der Waals surface area contributed by atoms with E-state index < -0.39 is 11.9 Å². The van der Waals surface area contributed by atoms with Crippen LogP contribution in [0, 0.1) is 0 Å². The highest BCUT2D eigenvalue weighted by Gasteiger charge is 2.10. The molecule has 6 heteroatoms. The van der Waals surface area contributed by atoms with Crippen molar-refractivity contribution in [2.75, 3.05) is 11.1 Å². The van der Waals surface area contributed by atoms with Gasteiger partial charge in [-0.1, -0.05) is 0 Å². The molecule has 6 nitrogen and oxygen atoms in total. The minimum Gasteiger partial charge on any atom is -0.449 e. The quantitative estimate of drug-likeness (QED) is 0.703. The Labute approximate surface area is 103 Å². The van der Waals surface area contributed by atoms with Gasteiger partial charge in [-0.05, 0) is 30.3 Å². The van der Waals surface area contributed by atoms with Crippen molar-refractivity contribution >= 4 is 23.5 Å². The van der Waals surface area contributed by atoms with Gasteiger partial charge in [0.05, 0.1) is 6.26 Å². The summed E-state index contributed by atoms with van der Waals surface area (Å²) in [6.07, 6.45) is 1.41. The molecule has 0 aliphatic heterocycles. The van der Waals surface area contributed by atoms with Crippen molar-refractivity contribution in [3.05, 3.63) is 48.2 Å². The molecule has 2 aromatic rings. The van der Waals surface area contributed by atoms with E-state index >= 15 is 0 Å². The van der Waals surface area contributed by atoms with Crippen LogP contribution in [0.2, 0.25) is 0 Å². The van der Waals surface area contributed by atoms with Crippen molar-refractivity contribution in [2.45, 2.75) is 0 Å². The van der Waals surface area contributed by atoms with Crippen molar-refractivity contribution in [3.8, 4) is 0 Å². The molecule has 2 rings (SSSR count). The lowest BCUT2D eigenvalue weighted by molar-refractivity contribution is 0.0967. The first-order chi connectivity index (χ1) is 8.65. The Balaban J connectivity index is 1.95. The Kier molecular flexibility index (Phi) is 3.29. The predicted molar refractivity (Wildman–Crippen MR) is 66.0 cm³/mol. The van der Waals surface area contributed by atoms with Crippen LogP contribution >= 0.6 is 0 Å². The van der Waals surface area contributed by atoms with Crippen molar-refractivity contribution in [3.63, 3.8) is 0 Å². The van der Waals surface area contributed by atoms with Crippen LogP contribution in [0.25, 0.3) is 0 Å². The van der Waals surface area contributed by atoms with Gasteiger partial charge in [0.1, 0.15) is 0 Å². The van der Waals surface area contributed by atoms with Crippen LogP contribution in [0.3, 0.4) is 0 Å². The Morgan fingerprint density at radius 1 is 1.11 bits per heavy atom. The zero-order valence-corrected chi connectivity index (χ0v) is 9.34. The van der Waals surface area contributed by atoms with Crippen molar-refractivity contribution < 1.29 is 14.0 Å². The zero-order chi connectivity index (χ0) is 13.0. The third-order valence-electron chi connectivity index (χ3n) is 2.16. The lowest BCUT2D eigenvalue weighted by Gasteiger charge is -2.04. The molecular weight excluding hydrogens is 234 g/mol. The Morgan fingerprint density at radius 2 is 1.83 bits per heavy atom. The maximum Gasteiger partial charge on any atom is 0.328 e. The van der Waals surface area contributed by atoms with Crippen LogP contribution in [-0.4, -0.2) is 11.9 Å². The lowest BCUT2D eigenvalue weighted by atomic mass is 10.2. The van der Waals surface area contributed by atoms with Crippen LogP contribution in [0.1, 0.15) is 10.4 Å². The number of nitrogens with two attached hydrogens (primary N) is 1. The van der Waals surface area contributed by atoms with Crippen LogP contribution in [0.5, 0.6) is 0 Å². The summed E-state index contributed by atoms with van der Waals surface area (Å²) in [5.74, 6) is -0.253. The molecule has 0 aliphatic rings. The van der Waals surface area contributed by atoms with E-state index in [9.17, 15) is 9.59 Å². The van der Waals surface area contributed by atoms with Gasteiger partial charge in [-0.3, -0.25) is 15.4 Å². The molecule has 18 heavy (non-hydrogen) atoms. The molecule has 92 valence electrons. The number of imide groups is 1. The molecule has 0 saturated heterocycles. The molecule has 0 spiro atoms. The van der Waals surface area contributed by atoms with Crippen LogP contribution in [0.15, 0.2) is 47.1 Å². The Bertz CT molecular complexity index is 546. The highest BCUT2D eigenvalue weighted by atomic mass is 16.3. The van der Waals surface area contributed by atoms with E-state index in [0.29, 0.717) is 11.3 Å². The molecule has 1 heterocycles. The van der Waals surface area contributed by atoms with E-state index in [2.05, 4.69) is 10.6 Å². The molecule has 0 bridgehead atoms. The van der Waals surface area contributed by atoms with E-state index in [1.165, 1.54) is 18.4 Å². The van der Waals surface area contributed by atoms with Gasteiger partial charge in [0.15, 0.2) is 0 Å². The second kappa shape index (κ2) is 5.05. The van der Waals surface area contributed by atoms with Gasteiger partial charge in [-0.15, -0.1) is 0 Å². The van der Waals surface area contributed by atoms with E-state index in [-0.39, 0.29) is 5.88 Å². The summed E-state index contributed by atoms with van der Waals surface area (Å²) in [5.41, 5.74) is 6.39. The first-order valence-electron chi connectivity index (χ1n) is 5.16. The molecular formula is C12H11N3O3. The molecule has 0 fully saturated rings. The average molecular weight is 245 g/mol. The van der Waals surface area contributed by atoms with Gasteiger partial charge in [0, 0.05) is 17.3 Å². The first kappa shape index (κ1) is 11.7. The van der Waals surface area contributed by atoms with Gasteiger partial charge in [-0.25, -0.2) is 4.79 Å². The largest absolute Gasteiger partial charge is 0.449 e. The number of urea groups is 1. The number of carbonyl (C=O) groups is 2. The minimum absolute atomic E-state index is 0.262. The number of hydrogen-bond donors (Lipinski definition) is 3. The molecule has 0 aliphatic carbocycles. The summed E-state index contributed by atoms with van der Waals surface area (Å²) in [4.78, 5) is 23.1. The number of furan rings is 1. The molecule has 4 N–H and O–H groups in total. The molecule has 1 aromatic carbocycles. The van der Waals surface area contributed by atoms with E-state index in [0.717, 1.165) is 0 Å². The van der Waals surface area contributed by atoms with Crippen molar-refractivity contribution in [1.29, 1.82) is 0 Å². The highest BCUT2D eigenvalue weighted by molar-refractivity contribution is 6.07. The van der Waals surface area contributed by atoms with E-state index in [1.54, 1.807) is 24.3 Å². The van der Waals surface area contributed by atoms with Gasteiger partial charge < -0.3 is 10.2 Å². The minimum atomic E-state index is -0.660. The third kappa shape index (κ3) is 2.88. The topological polar surface area (TPSA) is 97.4 Å². The number of hydrogen-bond acceptors (Lipinski definition) is 4. The zero-order valence-electron chi connectivity index (χ0n) is 9.34. The summed E-state index contributed by atoms with van der Waals surface area (Å²) >= 11 is 0. The normalized spacial score (nSPS) is 9.78. The monoisotopic (exact) mass is 245 g/mol. The van der Waals surface area contributed by atoms with E-state index in [1.807, 2.05) is 0 Å². The summed E-state index contributed by atoms with van der Waals surface area (Å²) in [6.45, 7) is 0. The average Bonchev–Trinajstić information content (AvgIpc) is 2.82. The predicted octanol–water partition coefficient (Wildman–Crippen LogP) is 1.82. The fraction of sp³-hybridized carbons (Fsp3) is 0. The van der Waals surface area contributed by atoms with Gasteiger partial charge in [0.25, 0.3) is 5.91 Å². The fourth-order valence-electron chi connectivity index (χ4n) is 1.30. The summed E-state index contributed by atoms with van der Waals surface area (Å²) < 4.78 is 4.91. The second-order valence-corrected chi connectivity index (χ2v) is 3.51. The maximum absolute atomic E-state index is 11.7. The van der Waals surface area contributed by atoms with Crippen molar-refractivity contribution in [2.24, 2.45) is 0 Å². The number of anilines is 2. The summed E-state index contributed by atoms with van der Waals surface area (Å²) in [6, 6.07) is 8.76. The van der Waals surface area contributed by atoms with Crippen molar-refractivity contribution in [1.82, 2.24) is 5.32 Å². The first-order valence-corrected chi connectivity index (χ1v) is 5.16. The Hall–Kier alpha value is -2.76. The smallest absolute Gasteiger partial charge is 0.328 e. The molecule has 0 atom stereocenters. The lowest BCUT2D eigenvalue weighted by Crippen LogP contribution is -2.34. The second-order valence-electron chi connectivity index (χ2n) is 3.51. The highest BCUT2D eigenvalue weighted by Crippen LogP contribution is 2.07. The fourth-order valence-corrected chi connectivity index (χ4v) is 1.30. The van der Waals surface area contributed by atoms with Gasteiger partial charge in [0.2, 0.25) is 5.88 Å². The molecule has 3 amide bonds. The van der Waals surface area contributed by atoms with Crippen LogP contribution in [-0.2, 0) is 0 Å². The number of nitrogens with one attached hydrogen (secondary N) is 2. The third-order valence-corrected chi connectivity index (χ3v) is 2.16. The molecule has 0 saturated carbocycles. The number of nitrogen functional groups attached to an aromatic ring is 1. The number of carbonyl (C=O) groups excluding carboxylic acids is 2. The SMILES string of the molecule is Nc1ccc(C(=O)NC(=O)Nc2ccco2)cc1. The maximum atomic E-state index is 11.7. The van der Waals surface area contributed by atoms with E-state index in [4.69, 9.17) is 10.2 Å². The van der Waals surface area contributed by atoms with Gasteiger partial charge in [-0.2, -0.15) is 0 Å².